The molecule has 5 heteroatoms. The smallest absolute Gasteiger partial charge is 0.146 e. The molecule has 2 rings (SSSR count). The number of benzene rings is 1. The minimum atomic E-state index is -0.233. The van der Waals surface area contributed by atoms with Crippen molar-refractivity contribution in [2.45, 2.75) is 20.4 Å². The lowest BCUT2D eigenvalue weighted by Gasteiger charge is -2.22. The molecule has 0 saturated heterocycles. The molecule has 0 aliphatic carbocycles. The van der Waals surface area contributed by atoms with E-state index in [1.54, 1.807) is 16.8 Å². The third kappa shape index (κ3) is 2.67. The van der Waals surface area contributed by atoms with E-state index in [0.717, 1.165) is 30.2 Å². The van der Waals surface area contributed by atoms with Gasteiger partial charge in [-0.2, -0.15) is 5.10 Å². The summed E-state index contributed by atoms with van der Waals surface area (Å²) in [5.74, 6) is 0.678. The highest BCUT2D eigenvalue weighted by Gasteiger charge is 2.19. The van der Waals surface area contributed by atoms with Crippen LogP contribution in [0.3, 0.4) is 0 Å². The molecular formula is C15H21FN4. The van der Waals surface area contributed by atoms with Crippen molar-refractivity contribution in [3.63, 3.8) is 0 Å². The molecule has 0 unspecified atom stereocenters. The van der Waals surface area contributed by atoms with Crippen molar-refractivity contribution in [2.75, 3.05) is 18.5 Å². The largest absolute Gasteiger partial charge is 0.327 e. The molecule has 1 heterocycles. The van der Waals surface area contributed by atoms with Crippen LogP contribution in [-0.4, -0.2) is 23.4 Å². The second kappa shape index (κ2) is 6.05. The Morgan fingerprint density at radius 2 is 2.05 bits per heavy atom. The summed E-state index contributed by atoms with van der Waals surface area (Å²) in [7, 11) is 3.75. The zero-order chi connectivity index (χ0) is 14.7. The van der Waals surface area contributed by atoms with E-state index in [-0.39, 0.29) is 5.82 Å². The van der Waals surface area contributed by atoms with E-state index in [1.165, 1.54) is 6.07 Å². The minimum absolute atomic E-state index is 0.233. The molecule has 0 aliphatic heterocycles. The van der Waals surface area contributed by atoms with Crippen LogP contribution < -0.4 is 10.2 Å². The van der Waals surface area contributed by atoms with Gasteiger partial charge in [0, 0.05) is 26.2 Å². The van der Waals surface area contributed by atoms with Crippen molar-refractivity contribution in [1.29, 1.82) is 0 Å². The predicted octanol–water partition coefficient (Wildman–Crippen LogP) is 2.75. The highest BCUT2D eigenvalue weighted by Crippen LogP contribution is 2.30. The summed E-state index contributed by atoms with van der Waals surface area (Å²) in [5, 5.41) is 7.76. The molecule has 0 bridgehead atoms. The lowest BCUT2D eigenvalue weighted by atomic mass is 10.2. The molecular weight excluding hydrogens is 255 g/mol. The topological polar surface area (TPSA) is 33.1 Å². The molecule has 2 aromatic rings. The predicted molar refractivity (Wildman–Crippen MR) is 79.8 cm³/mol. The van der Waals surface area contributed by atoms with Crippen molar-refractivity contribution >= 4 is 11.5 Å². The lowest BCUT2D eigenvalue weighted by molar-refractivity contribution is 0.625. The summed E-state index contributed by atoms with van der Waals surface area (Å²) >= 11 is 0. The SMILES string of the molecule is CCNCc1c(C)nn(C)c1N(C)c1ccccc1F. The molecule has 108 valence electrons. The summed E-state index contributed by atoms with van der Waals surface area (Å²) in [4.78, 5) is 1.85. The van der Waals surface area contributed by atoms with E-state index >= 15 is 0 Å². The average molecular weight is 276 g/mol. The number of anilines is 2. The summed E-state index contributed by atoms with van der Waals surface area (Å²) in [6.07, 6.45) is 0. The maximum atomic E-state index is 14.0. The van der Waals surface area contributed by atoms with Crippen LogP contribution in [0.4, 0.5) is 15.9 Å². The molecule has 0 amide bonds. The molecule has 0 spiro atoms. The number of rotatable bonds is 5. The molecule has 20 heavy (non-hydrogen) atoms. The first-order valence-electron chi connectivity index (χ1n) is 6.77. The lowest BCUT2D eigenvalue weighted by Crippen LogP contribution is -2.19. The van der Waals surface area contributed by atoms with Gasteiger partial charge in [-0.1, -0.05) is 19.1 Å². The first-order chi connectivity index (χ1) is 9.56. The van der Waals surface area contributed by atoms with Crippen molar-refractivity contribution in [1.82, 2.24) is 15.1 Å². The summed E-state index contributed by atoms with van der Waals surface area (Å²) in [6, 6.07) is 6.77. The van der Waals surface area contributed by atoms with Crippen molar-refractivity contribution in [3.8, 4) is 0 Å². The Morgan fingerprint density at radius 1 is 1.35 bits per heavy atom. The van der Waals surface area contributed by atoms with Gasteiger partial charge in [-0.3, -0.25) is 4.68 Å². The van der Waals surface area contributed by atoms with Crippen LogP contribution >= 0.6 is 0 Å². The van der Waals surface area contributed by atoms with E-state index in [9.17, 15) is 4.39 Å². The first-order valence-corrected chi connectivity index (χ1v) is 6.77. The first kappa shape index (κ1) is 14.5. The number of hydrogen-bond acceptors (Lipinski definition) is 3. The standard InChI is InChI=1S/C15H21FN4/c1-5-17-10-12-11(2)18-20(4)15(12)19(3)14-9-7-6-8-13(14)16/h6-9,17H,5,10H2,1-4H3. The van der Waals surface area contributed by atoms with Crippen molar-refractivity contribution < 1.29 is 4.39 Å². The van der Waals surface area contributed by atoms with Gasteiger partial charge in [0.25, 0.3) is 0 Å². The third-order valence-electron chi connectivity index (χ3n) is 3.40. The Morgan fingerprint density at radius 3 is 2.70 bits per heavy atom. The molecule has 0 aliphatic rings. The van der Waals surface area contributed by atoms with Gasteiger partial charge >= 0.3 is 0 Å². The summed E-state index contributed by atoms with van der Waals surface area (Å²) in [6.45, 7) is 5.65. The van der Waals surface area contributed by atoms with Gasteiger partial charge < -0.3 is 10.2 Å². The van der Waals surface area contributed by atoms with E-state index in [0.29, 0.717) is 5.69 Å². The Hall–Kier alpha value is -1.88. The number of hydrogen-bond donors (Lipinski definition) is 1. The van der Waals surface area contributed by atoms with Crippen LogP contribution in [0.15, 0.2) is 24.3 Å². The van der Waals surface area contributed by atoms with Gasteiger partial charge in [0.15, 0.2) is 0 Å². The zero-order valence-corrected chi connectivity index (χ0v) is 12.4. The van der Waals surface area contributed by atoms with Gasteiger partial charge in [-0.25, -0.2) is 4.39 Å². The zero-order valence-electron chi connectivity index (χ0n) is 12.4. The number of halogens is 1. The Kier molecular flexibility index (Phi) is 4.39. The molecule has 1 N–H and O–H groups in total. The number of nitrogens with zero attached hydrogens (tertiary/aromatic N) is 3. The van der Waals surface area contributed by atoms with Gasteiger partial charge in [-0.05, 0) is 25.6 Å². The van der Waals surface area contributed by atoms with Crippen LogP contribution in [0.5, 0.6) is 0 Å². The Bertz CT molecular complexity index is 592. The van der Waals surface area contributed by atoms with Gasteiger partial charge in [0.1, 0.15) is 11.6 Å². The Balaban J connectivity index is 2.44. The molecule has 0 saturated carbocycles. The molecule has 0 fully saturated rings. The number of aromatic nitrogens is 2. The summed E-state index contributed by atoms with van der Waals surface area (Å²) < 4.78 is 15.8. The van der Waals surface area contributed by atoms with Crippen LogP contribution in [0.1, 0.15) is 18.2 Å². The monoisotopic (exact) mass is 276 g/mol. The molecule has 0 atom stereocenters. The maximum Gasteiger partial charge on any atom is 0.146 e. The van der Waals surface area contributed by atoms with Gasteiger partial charge in [0.2, 0.25) is 0 Å². The van der Waals surface area contributed by atoms with Crippen LogP contribution in [0, 0.1) is 12.7 Å². The number of para-hydroxylation sites is 1. The highest BCUT2D eigenvalue weighted by molar-refractivity contribution is 5.64. The minimum Gasteiger partial charge on any atom is -0.327 e. The van der Waals surface area contributed by atoms with Crippen LogP contribution in [0.2, 0.25) is 0 Å². The van der Waals surface area contributed by atoms with Gasteiger partial charge in [0.05, 0.1) is 11.4 Å². The fourth-order valence-corrected chi connectivity index (χ4v) is 2.40. The molecule has 0 radical (unpaired) electrons. The maximum absolute atomic E-state index is 14.0. The highest BCUT2D eigenvalue weighted by atomic mass is 19.1. The number of aryl methyl sites for hydroxylation is 2. The van der Waals surface area contributed by atoms with Crippen molar-refractivity contribution in [2.24, 2.45) is 7.05 Å². The average Bonchev–Trinajstić information content (AvgIpc) is 2.70. The summed E-state index contributed by atoms with van der Waals surface area (Å²) in [5.41, 5.74) is 2.61. The third-order valence-corrected chi connectivity index (χ3v) is 3.40. The molecule has 1 aromatic carbocycles. The fraction of sp³-hybridized carbons (Fsp3) is 0.400. The number of nitrogens with one attached hydrogen (secondary N) is 1. The quantitative estimate of drug-likeness (QED) is 0.911. The fourth-order valence-electron chi connectivity index (χ4n) is 2.40. The Labute approximate surface area is 119 Å². The van der Waals surface area contributed by atoms with E-state index in [2.05, 4.69) is 17.3 Å². The van der Waals surface area contributed by atoms with Gasteiger partial charge in [-0.15, -0.1) is 0 Å². The second-order valence-electron chi connectivity index (χ2n) is 4.80. The van der Waals surface area contributed by atoms with Crippen molar-refractivity contribution in [3.05, 3.63) is 41.3 Å². The second-order valence-corrected chi connectivity index (χ2v) is 4.80. The molecule has 4 nitrogen and oxygen atoms in total. The van der Waals surface area contributed by atoms with E-state index < -0.39 is 0 Å². The van der Waals surface area contributed by atoms with Crippen LogP contribution in [-0.2, 0) is 13.6 Å². The van der Waals surface area contributed by atoms with E-state index in [4.69, 9.17) is 0 Å². The molecule has 1 aromatic heterocycles. The van der Waals surface area contributed by atoms with E-state index in [1.807, 2.05) is 32.0 Å². The van der Waals surface area contributed by atoms with Crippen LogP contribution in [0.25, 0.3) is 0 Å². The normalized spacial score (nSPS) is 10.8.